The van der Waals surface area contributed by atoms with Gasteiger partial charge in [-0.15, -0.1) is 0 Å². The number of hydrogen-bond donors (Lipinski definition) is 1. The number of esters is 2. The fourth-order valence-electron chi connectivity index (χ4n) is 5.24. The molecule has 0 rings (SSSR count). The average Bonchev–Trinajstić information content (AvgIpc) is 2.94. The Labute approximate surface area is 254 Å². The molecule has 0 saturated heterocycles. The Balaban J connectivity index is 4.22. The van der Waals surface area contributed by atoms with Crippen molar-refractivity contribution in [2.75, 3.05) is 38.6 Å². The molecule has 0 aliphatic rings. The molecule has 5 nitrogen and oxygen atoms in total. The minimum atomic E-state index is -0.188. The highest BCUT2D eigenvalue weighted by molar-refractivity contribution is 7.80. The number of ether oxygens (including phenoxy) is 2. The molecular formula is C34H67NO4S. The molecule has 0 aromatic carbocycles. The van der Waals surface area contributed by atoms with Crippen LogP contribution in [0.3, 0.4) is 0 Å². The quantitative estimate of drug-likeness (QED) is 0.0499. The number of unbranched alkanes of at least 4 members (excludes halogenated alkanes) is 15. The summed E-state index contributed by atoms with van der Waals surface area (Å²) in [4.78, 5) is 26.4. The second-order valence-electron chi connectivity index (χ2n) is 11.7. The highest BCUT2D eigenvalue weighted by Gasteiger charge is 2.19. The Morgan fingerprint density at radius 2 is 1.00 bits per heavy atom. The Morgan fingerprint density at radius 1 is 0.575 bits per heavy atom. The van der Waals surface area contributed by atoms with E-state index in [-0.39, 0.29) is 17.9 Å². The van der Waals surface area contributed by atoms with Gasteiger partial charge in [0.05, 0.1) is 19.1 Å². The molecule has 40 heavy (non-hydrogen) atoms. The maximum atomic E-state index is 12.8. The zero-order valence-corrected chi connectivity index (χ0v) is 27.8. The Morgan fingerprint density at radius 3 is 1.57 bits per heavy atom. The van der Waals surface area contributed by atoms with Crippen LogP contribution in [0.4, 0.5) is 0 Å². The lowest BCUT2D eigenvalue weighted by molar-refractivity contribution is -0.149. The summed E-state index contributed by atoms with van der Waals surface area (Å²) in [5.41, 5.74) is 0. The van der Waals surface area contributed by atoms with E-state index in [2.05, 4.69) is 31.4 Å². The number of hydrogen-bond acceptors (Lipinski definition) is 6. The summed E-state index contributed by atoms with van der Waals surface area (Å²) < 4.78 is 10.9. The lowest BCUT2D eigenvalue weighted by Gasteiger charge is -2.22. The first-order valence-corrected chi connectivity index (χ1v) is 17.8. The molecule has 0 bridgehead atoms. The van der Waals surface area contributed by atoms with Crippen LogP contribution in [0.5, 0.6) is 0 Å². The third-order valence-electron chi connectivity index (χ3n) is 7.82. The lowest BCUT2D eigenvalue weighted by atomic mass is 9.94. The summed E-state index contributed by atoms with van der Waals surface area (Å²) in [6.07, 6.45) is 26.0. The first-order valence-electron chi connectivity index (χ1n) is 17.2. The van der Waals surface area contributed by atoms with Gasteiger partial charge in [0, 0.05) is 6.92 Å². The van der Waals surface area contributed by atoms with Crippen LogP contribution in [0, 0.1) is 5.92 Å². The largest absolute Gasteiger partial charge is 0.466 e. The van der Waals surface area contributed by atoms with Crippen molar-refractivity contribution in [3.8, 4) is 0 Å². The topological polar surface area (TPSA) is 55.8 Å². The first kappa shape index (κ1) is 39.2. The molecule has 1 atom stereocenters. The molecule has 238 valence electrons. The number of carbonyl (C=O) groups excluding carboxylic acids is 2. The van der Waals surface area contributed by atoms with Gasteiger partial charge in [-0.1, -0.05) is 104 Å². The number of thiol groups is 1. The van der Waals surface area contributed by atoms with Gasteiger partial charge in [-0.2, -0.15) is 12.6 Å². The van der Waals surface area contributed by atoms with Crippen LogP contribution in [0.15, 0.2) is 0 Å². The first-order chi connectivity index (χ1) is 19.5. The van der Waals surface area contributed by atoms with E-state index in [4.69, 9.17) is 9.47 Å². The third kappa shape index (κ3) is 27.4. The smallest absolute Gasteiger partial charge is 0.308 e. The zero-order chi connectivity index (χ0) is 29.5. The molecule has 1 unspecified atom stereocenters. The second kappa shape index (κ2) is 31.2. The van der Waals surface area contributed by atoms with E-state index in [0.717, 1.165) is 76.8 Å². The summed E-state index contributed by atoms with van der Waals surface area (Å²) in [5, 5.41) is 0. The minimum absolute atomic E-state index is 0.0582. The molecule has 0 amide bonds. The fourth-order valence-corrected chi connectivity index (χ4v) is 5.46. The van der Waals surface area contributed by atoms with Crippen molar-refractivity contribution in [2.24, 2.45) is 5.92 Å². The van der Waals surface area contributed by atoms with Crippen molar-refractivity contribution < 1.29 is 19.1 Å². The van der Waals surface area contributed by atoms with E-state index in [9.17, 15) is 9.59 Å². The predicted molar refractivity (Wildman–Crippen MR) is 174 cm³/mol. The molecule has 0 aliphatic carbocycles. The molecule has 0 N–H and O–H groups in total. The fraction of sp³-hybridized carbons (Fsp3) is 0.941. The number of carbonyl (C=O) groups is 2. The van der Waals surface area contributed by atoms with Crippen LogP contribution in [0.25, 0.3) is 0 Å². The summed E-state index contributed by atoms with van der Waals surface area (Å²) in [5.74, 6) is 0.952. The highest BCUT2D eigenvalue weighted by atomic mass is 32.1. The third-order valence-corrected chi connectivity index (χ3v) is 8.13. The van der Waals surface area contributed by atoms with E-state index in [1.165, 1.54) is 96.8 Å². The van der Waals surface area contributed by atoms with Crippen LogP contribution < -0.4 is 0 Å². The van der Waals surface area contributed by atoms with Gasteiger partial charge in [0.25, 0.3) is 0 Å². The van der Waals surface area contributed by atoms with E-state index < -0.39 is 0 Å². The van der Waals surface area contributed by atoms with Gasteiger partial charge in [-0.05, 0) is 76.8 Å². The molecule has 0 fully saturated rings. The Kier molecular flexibility index (Phi) is 30.6. The van der Waals surface area contributed by atoms with Crippen molar-refractivity contribution in [1.29, 1.82) is 0 Å². The summed E-state index contributed by atoms with van der Waals surface area (Å²) in [6.45, 7) is 10.4. The zero-order valence-electron chi connectivity index (χ0n) is 26.9. The molecule has 0 saturated carbocycles. The average molecular weight is 586 g/mol. The van der Waals surface area contributed by atoms with Crippen molar-refractivity contribution in [1.82, 2.24) is 4.90 Å². The normalized spacial score (nSPS) is 12.1. The van der Waals surface area contributed by atoms with Crippen molar-refractivity contribution >= 4 is 24.6 Å². The second-order valence-corrected chi connectivity index (χ2v) is 12.2. The molecule has 0 aromatic rings. The lowest BCUT2D eigenvalue weighted by Crippen LogP contribution is -2.27. The number of rotatable bonds is 31. The van der Waals surface area contributed by atoms with E-state index >= 15 is 0 Å². The molecule has 6 heteroatoms. The monoisotopic (exact) mass is 585 g/mol. The minimum Gasteiger partial charge on any atom is -0.466 e. The van der Waals surface area contributed by atoms with Crippen LogP contribution >= 0.6 is 12.6 Å². The number of nitrogens with zero attached hydrogens (tertiary/aromatic N) is 1. The Bertz CT molecular complexity index is 560. The van der Waals surface area contributed by atoms with Gasteiger partial charge in [0.1, 0.15) is 0 Å². The van der Waals surface area contributed by atoms with Crippen molar-refractivity contribution in [3.63, 3.8) is 0 Å². The van der Waals surface area contributed by atoms with Gasteiger partial charge in [-0.3, -0.25) is 9.59 Å². The molecule has 0 aromatic heterocycles. The summed E-state index contributed by atoms with van der Waals surface area (Å²) in [7, 11) is 0. The van der Waals surface area contributed by atoms with Gasteiger partial charge in [0.15, 0.2) is 0 Å². The van der Waals surface area contributed by atoms with Crippen LogP contribution in [-0.2, 0) is 19.1 Å². The highest BCUT2D eigenvalue weighted by Crippen LogP contribution is 2.21. The van der Waals surface area contributed by atoms with E-state index in [1.807, 2.05) is 0 Å². The van der Waals surface area contributed by atoms with Gasteiger partial charge < -0.3 is 14.4 Å². The molecule has 0 aliphatic heterocycles. The maximum absolute atomic E-state index is 12.8. The van der Waals surface area contributed by atoms with Gasteiger partial charge in [0.2, 0.25) is 0 Å². The molecule has 0 radical (unpaired) electrons. The summed E-state index contributed by atoms with van der Waals surface area (Å²) in [6, 6.07) is 0. The van der Waals surface area contributed by atoms with E-state index in [1.54, 1.807) is 0 Å². The van der Waals surface area contributed by atoms with Crippen LogP contribution in [0.1, 0.15) is 162 Å². The Hall–Kier alpha value is -0.750. The SMILES string of the molecule is CCCCCCCCC(CCCCCC)C(=O)OCCCCCCN(CCCCCCS)CCCCOC(C)=O. The van der Waals surface area contributed by atoms with Gasteiger partial charge in [-0.25, -0.2) is 0 Å². The maximum Gasteiger partial charge on any atom is 0.308 e. The van der Waals surface area contributed by atoms with Gasteiger partial charge >= 0.3 is 11.9 Å². The van der Waals surface area contributed by atoms with Crippen molar-refractivity contribution in [2.45, 2.75) is 162 Å². The molecule has 0 spiro atoms. The predicted octanol–water partition coefficient (Wildman–Crippen LogP) is 9.56. The molecular weight excluding hydrogens is 518 g/mol. The van der Waals surface area contributed by atoms with Crippen molar-refractivity contribution in [3.05, 3.63) is 0 Å². The van der Waals surface area contributed by atoms with E-state index in [0.29, 0.717) is 13.2 Å². The summed E-state index contributed by atoms with van der Waals surface area (Å²) >= 11 is 4.32. The standard InChI is InChI=1S/C34H67NO4S/c1-4-6-8-10-11-17-25-33(24-16-9-7-5-2)34(37)39-30-21-14-12-18-26-35(27-19-13-15-23-31-40)28-20-22-29-38-32(3)36/h33,40H,4-31H2,1-3H3. The van der Waals surface area contributed by atoms with Crippen LogP contribution in [-0.4, -0.2) is 55.4 Å². The molecule has 0 heterocycles. The van der Waals surface area contributed by atoms with Crippen LogP contribution in [0.2, 0.25) is 0 Å².